The number of likely N-dealkylation sites (tertiary alicyclic amines) is 1. The monoisotopic (exact) mass is 239 g/mol. The van der Waals surface area contributed by atoms with Gasteiger partial charge in [-0.05, 0) is 26.4 Å². The van der Waals surface area contributed by atoms with E-state index in [1.54, 1.807) is 11.3 Å². The van der Waals surface area contributed by atoms with Crippen molar-refractivity contribution in [3.63, 3.8) is 0 Å². The zero-order valence-corrected chi connectivity index (χ0v) is 11.4. The van der Waals surface area contributed by atoms with Gasteiger partial charge in [0.2, 0.25) is 0 Å². The van der Waals surface area contributed by atoms with Crippen LogP contribution in [0.15, 0.2) is 5.38 Å². The van der Waals surface area contributed by atoms with E-state index in [-0.39, 0.29) is 5.54 Å². The van der Waals surface area contributed by atoms with E-state index < -0.39 is 0 Å². The molecule has 1 aromatic heterocycles. The average Bonchev–Trinajstić information content (AvgIpc) is 2.84. The van der Waals surface area contributed by atoms with Crippen LogP contribution >= 0.6 is 11.3 Å². The number of nitrogens with zero attached hydrogens (tertiary/aromatic N) is 2. The number of hydrogen-bond acceptors (Lipinski definition) is 4. The molecule has 1 aromatic rings. The van der Waals surface area contributed by atoms with Crippen molar-refractivity contribution in [2.75, 3.05) is 27.2 Å². The van der Waals surface area contributed by atoms with Crippen LogP contribution < -0.4 is 5.32 Å². The van der Waals surface area contributed by atoms with Crippen molar-refractivity contribution in [1.29, 1.82) is 0 Å². The fourth-order valence-electron chi connectivity index (χ4n) is 2.26. The molecular weight excluding hydrogens is 218 g/mol. The van der Waals surface area contributed by atoms with Gasteiger partial charge in [-0.25, -0.2) is 4.98 Å². The summed E-state index contributed by atoms with van der Waals surface area (Å²) < 4.78 is 0. The second kappa shape index (κ2) is 4.43. The molecule has 1 aliphatic heterocycles. The van der Waals surface area contributed by atoms with Crippen molar-refractivity contribution in [2.24, 2.45) is 0 Å². The van der Waals surface area contributed by atoms with E-state index in [4.69, 9.17) is 4.98 Å². The molecule has 0 radical (unpaired) electrons. The Hall–Kier alpha value is -0.450. The first-order valence-electron chi connectivity index (χ1n) is 5.91. The van der Waals surface area contributed by atoms with Crippen molar-refractivity contribution in [1.82, 2.24) is 15.2 Å². The Kier molecular flexibility index (Phi) is 3.33. The van der Waals surface area contributed by atoms with E-state index in [2.05, 4.69) is 43.5 Å². The van der Waals surface area contributed by atoms with E-state index >= 15 is 0 Å². The fourth-order valence-corrected chi connectivity index (χ4v) is 3.47. The molecule has 90 valence electrons. The first-order chi connectivity index (χ1) is 7.57. The number of aromatic nitrogens is 1. The molecule has 3 nitrogen and oxygen atoms in total. The maximum atomic E-state index is 4.80. The summed E-state index contributed by atoms with van der Waals surface area (Å²) in [6.07, 6.45) is 1.16. The van der Waals surface area contributed by atoms with Crippen molar-refractivity contribution in [2.45, 2.75) is 31.7 Å². The van der Waals surface area contributed by atoms with Crippen molar-refractivity contribution in [3.8, 4) is 0 Å². The average molecular weight is 239 g/mol. The molecule has 1 unspecified atom stereocenters. The normalized spacial score (nSPS) is 26.8. The molecule has 4 heteroatoms. The van der Waals surface area contributed by atoms with Crippen LogP contribution in [0.2, 0.25) is 0 Å². The maximum absolute atomic E-state index is 4.80. The Balaban J connectivity index is 2.26. The number of nitrogens with one attached hydrogen (secondary N) is 1. The van der Waals surface area contributed by atoms with Crippen molar-refractivity contribution in [3.05, 3.63) is 16.1 Å². The molecule has 1 saturated heterocycles. The second-order valence-electron chi connectivity index (χ2n) is 5.05. The zero-order chi connectivity index (χ0) is 11.8. The van der Waals surface area contributed by atoms with E-state index in [0.29, 0.717) is 5.92 Å². The van der Waals surface area contributed by atoms with Gasteiger partial charge in [0, 0.05) is 18.5 Å². The smallest absolute Gasteiger partial charge is 0.114 e. The highest BCUT2D eigenvalue weighted by molar-refractivity contribution is 7.09. The van der Waals surface area contributed by atoms with Gasteiger partial charge in [-0.3, -0.25) is 0 Å². The number of hydrogen-bond donors (Lipinski definition) is 1. The highest BCUT2D eigenvalue weighted by Gasteiger charge is 2.39. The molecule has 0 aromatic carbocycles. The Morgan fingerprint density at radius 1 is 1.56 bits per heavy atom. The van der Waals surface area contributed by atoms with Crippen LogP contribution in [0, 0.1) is 0 Å². The lowest BCUT2D eigenvalue weighted by Gasteiger charge is -2.26. The van der Waals surface area contributed by atoms with Gasteiger partial charge in [0.05, 0.1) is 11.2 Å². The summed E-state index contributed by atoms with van der Waals surface area (Å²) >= 11 is 1.80. The second-order valence-corrected chi connectivity index (χ2v) is 5.91. The van der Waals surface area contributed by atoms with Gasteiger partial charge in [-0.2, -0.15) is 0 Å². The minimum absolute atomic E-state index is 0.0898. The molecule has 0 bridgehead atoms. The van der Waals surface area contributed by atoms with E-state index in [1.807, 2.05) is 0 Å². The van der Waals surface area contributed by atoms with E-state index in [9.17, 15) is 0 Å². The van der Waals surface area contributed by atoms with Crippen LogP contribution in [0.25, 0.3) is 0 Å². The van der Waals surface area contributed by atoms with Gasteiger partial charge in [0.15, 0.2) is 0 Å². The quantitative estimate of drug-likeness (QED) is 0.874. The summed E-state index contributed by atoms with van der Waals surface area (Å²) in [7, 11) is 4.23. The minimum atomic E-state index is 0.0898. The summed E-state index contributed by atoms with van der Waals surface area (Å²) in [4.78, 5) is 7.17. The summed E-state index contributed by atoms with van der Waals surface area (Å²) in [6.45, 7) is 6.61. The highest BCUT2D eigenvalue weighted by atomic mass is 32.1. The first-order valence-corrected chi connectivity index (χ1v) is 6.79. The highest BCUT2D eigenvalue weighted by Crippen LogP contribution is 2.34. The lowest BCUT2D eigenvalue weighted by Crippen LogP contribution is -2.42. The number of thiazole rings is 1. The lowest BCUT2D eigenvalue weighted by atomic mass is 10.00. The number of likely N-dealkylation sites (N-methyl/N-ethyl adjacent to an activating group) is 2. The van der Waals surface area contributed by atoms with Gasteiger partial charge in [0.1, 0.15) is 5.01 Å². The van der Waals surface area contributed by atoms with Crippen molar-refractivity contribution >= 4 is 11.3 Å². The zero-order valence-electron chi connectivity index (χ0n) is 10.6. The summed E-state index contributed by atoms with van der Waals surface area (Å²) in [5.41, 5.74) is 1.32. The Bertz CT molecular complexity index is 361. The first kappa shape index (κ1) is 12.0. The molecule has 1 aliphatic rings. The topological polar surface area (TPSA) is 28.2 Å². The predicted octanol–water partition coefficient (Wildman–Crippen LogP) is 2.02. The Morgan fingerprint density at radius 2 is 2.31 bits per heavy atom. The molecule has 1 N–H and O–H groups in total. The summed E-state index contributed by atoms with van der Waals surface area (Å²) in [5.74, 6) is 0.526. The van der Waals surface area contributed by atoms with Gasteiger partial charge in [-0.15, -0.1) is 11.3 Å². The van der Waals surface area contributed by atoms with Gasteiger partial charge in [0.25, 0.3) is 0 Å². The van der Waals surface area contributed by atoms with Crippen LogP contribution in [0.3, 0.4) is 0 Å². The molecule has 0 saturated carbocycles. The molecule has 0 amide bonds. The van der Waals surface area contributed by atoms with Crippen LogP contribution in [0.5, 0.6) is 0 Å². The van der Waals surface area contributed by atoms with Crippen molar-refractivity contribution < 1.29 is 0 Å². The minimum Gasteiger partial charge on any atom is -0.307 e. The van der Waals surface area contributed by atoms with Gasteiger partial charge >= 0.3 is 0 Å². The van der Waals surface area contributed by atoms with Crippen LogP contribution in [0.4, 0.5) is 0 Å². The van der Waals surface area contributed by atoms with Gasteiger partial charge < -0.3 is 10.2 Å². The Morgan fingerprint density at radius 3 is 2.75 bits per heavy atom. The third-order valence-electron chi connectivity index (χ3n) is 3.46. The largest absolute Gasteiger partial charge is 0.307 e. The molecule has 0 aliphatic carbocycles. The molecule has 2 rings (SSSR count). The molecule has 1 fully saturated rings. The lowest BCUT2D eigenvalue weighted by molar-refractivity contribution is 0.333. The SMILES string of the molecule is CNC1(c2nc(C(C)C)cs2)CCN(C)C1. The molecule has 16 heavy (non-hydrogen) atoms. The third kappa shape index (κ3) is 2.01. The molecule has 1 atom stereocenters. The number of rotatable bonds is 3. The van der Waals surface area contributed by atoms with Crippen LogP contribution in [0.1, 0.15) is 36.9 Å². The van der Waals surface area contributed by atoms with Crippen LogP contribution in [-0.4, -0.2) is 37.1 Å². The summed E-state index contributed by atoms with van der Waals surface area (Å²) in [5, 5.41) is 6.94. The fraction of sp³-hybridized carbons (Fsp3) is 0.750. The molecule has 2 heterocycles. The standard InChI is InChI=1S/C12H21N3S/c1-9(2)10-7-16-11(14-10)12(13-3)5-6-15(4)8-12/h7,9,13H,5-6,8H2,1-4H3. The van der Waals surface area contributed by atoms with Gasteiger partial charge in [-0.1, -0.05) is 13.8 Å². The van der Waals surface area contributed by atoms with E-state index in [0.717, 1.165) is 19.5 Å². The predicted molar refractivity (Wildman–Crippen MR) is 69.1 cm³/mol. The summed E-state index contributed by atoms with van der Waals surface area (Å²) in [6, 6.07) is 0. The Labute approximate surface area is 102 Å². The van der Waals surface area contributed by atoms with E-state index in [1.165, 1.54) is 10.7 Å². The van der Waals surface area contributed by atoms with Crippen LogP contribution in [-0.2, 0) is 5.54 Å². The third-order valence-corrected chi connectivity index (χ3v) is 4.53. The maximum Gasteiger partial charge on any atom is 0.114 e. The molecular formula is C12H21N3S. The molecule has 0 spiro atoms.